The molecule has 1 fully saturated rings. The van der Waals surface area contributed by atoms with E-state index >= 15 is 0 Å². The first kappa shape index (κ1) is 26.6. The van der Waals surface area contributed by atoms with E-state index in [4.69, 9.17) is 18.9 Å². The van der Waals surface area contributed by atoms with Crippen LogP contribution in [-0.4, -0.2) is 48.9 Å². The van der Waals surface area contributed by atoms with Gasteiger partial charge in [-0.25, -0.2) is 0 Å². The van der Waals surface area contributed by atoms with Gasteiger partial charge in [-0.1, -0.05) is 32.9 Å². The second-order valence-electron chi connectivity index (χ2n) is 10.4. The molecule has 0 spiro atoms. The first-order valence-corrected chi connectivity index (χ1v) is 12.6. The van der Waals surface area contributed by atoms with Crippen LogP contribution in [0, 0.1) is 23.7 Å². The van der Waals surface area contributed by atoms with Crippen molar-refractivity contribution in [3.63, 3.8) is 0 Å². The van der Waals surface area contributed by atoms with E-state index in [1.54, 1.807) is 6.08 Å². The maximum absolute atomic E-state index is 12.8. The van der Waals surface area contributed by atoms with Crippen molar-refractivity contribution in [3.05, 3.63) is 23.8 Å². The summed E-state index contributed by atoms with van der Waals surface area (Å²) in [5.74, 6) is -1.44. The summed E-state index contributed by atoms with van der Waals surface area (Å²) in [7, 11) is 1.37. The SMILES string of the molecule is CC[C@H](C)C(=O)O[C@H]1CC=CC2=CC(=O)[C@H](C)[C@H](CC[C@@H]3C[C@H](CC(=O)OC)OC(C)(C)O3)[C@H]21. The van der Waals surface area contributed by atoms with Crippen molar-refractivity contribution in [1.82, 2.24) is 0 Å². The Hall–Kier alpha value is -1.99. The van der Waals surface area contributed by atoms with E-state index in [2.05, 4.69) is 0 Å². The predicted molar refractivity (Wildman–Crippen MR) is 127 cm³/mol. The molecule has 7 nitrogen and oxygen atoms in total. The van der Waals surface area contributed by atoms with Gasteiger partial charge in [-0.2, -0.15) is 0 Å². The van der Waals surface area contributed by atoms with Gasteiger partial charge in [0.15, 0.2) is 11.6 Å². The van der Waals surface area contributed by atoms with Gasteiger partial charge < -0.3 is 18.9 Å². The van der Waals surface area contributed by atoms with Gasteiger partial charge in [-0.15, -0.1) is 0 Å². The Morgan fingerprint density at radius 3 is 2.59 bits per heavy atom. The smallest absolute Gasteiger partial charge is 0.308 e. The Balaban J connectivity index is 1.74. The lowest BCUT2D eigenvalue weighted by atomic mass is 9.65. The number of hydrogen-bond donors (Lipinski definition) is 0. The molecule has 7 heteroatoms. The Labute approximate surface area is 203 Å². The molecule has 190 valence electrons. The molecular formula is C27H40O7. The van der Waals surface area contributed by atoms with Crippen molar-refractivity contribution in [1.29, 1.82) is 0 Å². The molecule has 0 radical (unpaired) electrons. The van der Waals surface area contributed by atoms with E-state index < -0.39 is 5.79 Å². The van der Waals surface area contributed by atoms with Crippen LogP contribution in [0.3, 0.4) is 0 Å². The molecule has 34 heavy (non-hydrogen) atoms. The number of hydrogen-bond acceptors (Lipinski definition) is 7. The molecule has 1 heterocycles. The highest BCUT2D eigenvalue weighted by Crippen LogP contribution is 2.44. The van der Waals surface area contributed by atoms with Crippen molar-refractivity contribution >= 4 is 17.7 Å². The summed E-state index contributed by atoms with van der Waals surface area (Å²) < 4.78 is 22.9. The van der Waals surface area contributed by atoms with Gasteiger partial charge in [0.2, 0.25) is 0 Å². The quantitative estimate of drug-likeness (QED) is 0.475. The summed E-state index contributed by atoms with van der Waals surface area (Å²) in [6, 6.07) is 0. The van der Waals surface area contributed by atoms with Gasteiger partial charge in [0.1, 0.15) is 6.10 Å². The molecule has 3 aliphatic rings. The van der Waals surface area contributed by atoms with E-state index in [9.17, 15) is 14.4 Å². The van der Waals surface area contributed by atoms with Crippen LogP contribution in [0.2, 0.25) is 0 Å². The second-order valence-corrected chi connectivity index (χ2v) is 10.4. The fraction of sp³-hybridized carbons (Fsp3) is 0.741. The third kappa shape index (κ3) is 6.36. The van der Waals surface area contributed by atoms with Crippen molar-refractivity contribution in [3.8, 4) is 0 Å². The van der Waals surface area contributed by atoms with Crippen LogP contribution in [0.5, 0.6) is 0 Å². The zero-order valence-electron chi connectivity index (χ0n) is 21.4. The van der Waals surface area contributed by atoms with Crippen LogP contribution in [0.15, 0.2) is 23.8 Å². The minimum Gasteiger partial charge on any atom is -0.469 e. The Morgan fingerprint density at radius 2 is 1.91 bits per heavy atom. The summed E-state index contributed by atoms with van der Waals surface area (Å²) in [6.07, 6.45) is 8.74. The number of carbonyl (C=O) groups excluding carboxylic acids is 3. The molecule has 0 unspecified atom stereocenters. The number of methoxy groups -OCH3 is 1. The molecule has 1 aliphatic heterocycles. The van der Waals surface area contributed by atoms with Gasteiger partial charge in [-0.05, 0) is 50.7 Å². The number of ketones is 1. The van der Waals surface area contributed by atoms with Crippen LogP contribution in [0.25, 0.3) is 0 Å². The van der Waals surface area contributed by atoms with E-state index in [0.717, 1.165) is 24.8 Å². The van der Waals surface area contributed by atoms with Crippen molar-refractivity contribution < 1.29 is 33.3 Å². The molecule has 2 aliphatic carbocycles. The molecular weight excluding hydrogens is 436 g/mol. The third-order valence-electron chi connectivity index (χ3n) is 7.48. The first-order valence-electron chi connectivity index (χ1n) is 12.6. The minimum atomic E-state index is -0.803. The van der Waals surface area contributed by atoms with Crippen LogP contribution < -0.4 is 0 Å². The second kappa shape index (κ2) is 11.2. The van der Waals surface area contributed by atoms with E-state index in [1.807, 2.05) is 46.8 Å². The molecule has 3 rings (SSSR count). The molecule has 0 aromatic carbocycles. The summed E-state index contributed by atoms with van der Waals surface area (Å²) >= 11 is 0. The van der Waals surface area contributed by atoms with Crippen LogP contribution in [0.4, 0.5) is 0 Å². The lowest BCUT2D eigenvalue weighted by Crippen LogP contribution is -2.46. The van der Waals surface area contributed by atoms with Crippen molar-refractivity contribution in [2.24, 2.45) is 23.7 Å². The fourth-order valence-corrected chi connectivity index (χ4v) is 5.45. The van der Waals surface area contributed by atoms with Crippen molar-refractivity contribution in [2.45, 2.75) is 97.2 Å². The molecule has 7 atom stereocenters. The first-order chi connectivity index (χ1) is 16.0. The molecule has 1 saturated heterocycles. The standard InChI is InChI=1S/C27H40O7/c1-7-16(2)26(30)32-23-10-8-9-18-13-22(28)17(3)21(25(18)23)12-11-19-14-20(15-24(29)31-6)34-27(4,5)33-19/h8-9,13,16-17,19-21,23,25H,7,10-12,14-15H2,1-6H3/t16-,17+,19+,20+,21-,23-,25-/m0/s1. The van der Waals surface area contributed by atoms with Crippen LogP contribution in [0.1, 0.15) is 73.1 Å². The average Bonchev–Trinajstić information content (AvgIpc) is 2.77. The Bertz CT molecular complexity index is 827. The topological polar surface area (TPSA) is 88.1 Å². The zero-order chi connectivity index (χ0) is 25.0. The van der Waals surface area contributed by atoms with Gasteiger partial charge in [0, 0.05) is 24.7 Å². The molecule has 0 saturated carbocycles. The normalized spacial score (nSPS) is 33.5. The lowest BCUT2D eigenvalue weighted by Gasteiger charge is -2.43. The number of carbonyl (C=O) groups is 3. The Morgan fingerprint density at radius 1 is 1.21 bits per heavy atom. The Kier molecular flexibility index (Phi) is 8.74. The molecule has 0 amide bonds. The minimum absolute atomic E-state index is 0.00979. The maximum Gasteiger partial charge on any atom is 0.308 e. The summed E-state index contributed by atoms with van der Waals surface area (Å²) in [5.41, 5.74) is 0.957. The number of esters is 2. The molecule has 0 aromatic rings. The van der Waals surface area contributed by atoms with Gasteiger partial charge in [-0.3, -0.25) is 14.4 Å². The maximum atomic E-state index is 12.8. The summed E-state index contributed by atoms with van der Waals surface area (Å²) in [4.78, 5) is 37.2. The zero-order valence-corrected chi connectivity index (χ0v) is 21.4. The molecule has 0 aromatic heterocycles. The van der Waals surface area contributed by atoms with E-state index in [0.29, 0.717) is 12.8 Å². The van der Waals surface area contributed by atoms with Gasteiger partial charge >= 0.3 is 11.9 Å². The third-order valence-corrected chi connectivity index (χ3v) is 7.48. The largest absolute Gasteiger partial charge is 0.469 e. The van der Waals surface area contributed by atoms with Gasteiger partial charge in [0.25, 0.3) is 0 Å². The predicted octanol–water partition coefficient (Wildman–Crippen LogP) is 4.54. The highest BCUT2D eigenvalue weighted by atomic mass is 16.7. The van der Waals surface area contributed by atoms with Gasteiger partial charge in [0.05, 0.1) is 31.7 Å². The van der Waals surface area contributed by atoms with Crippen LogP contribution in [-0.2, 0) is 33.3 Å². The summed E-state index contributed by atoms with van der Waals surface area (Å²) in [5, 5.41) is 0. The monoisotopic (exact) mass is 476 g/mol. The van der Waals surface area contributed by atoms with Crippen LogP contribution >= 0.6 is 0 Å². The van der Waals surface area contributed by atoms with E-state index in [1.165, 1.54) is 7.11 Å². The highest BCUT2D eigenvalue weighted by Gasteiger charge is 2.44. The average molecular weight is 477 g/mol. The number of allylic oxidation sites excluding steroid dienone is 2. The highest BCUT2D eigenvalue weighted by molar-refractivity contribution is 5.94. The fourth-order valence-electron chi connectivity index (χ4n) is 5.45. The molecule has 0 N–H and O–H groups in total. The summed E-state index contributed by atoms with van der Waals surface area (Å²) in [6.45, 7) is 9.55. The number of fused-ring (bicyclic) bond motifs is 1. The van der Waals surface area contributed by atoms with E-state index in [-0.39, 0.29) is 66.1 Å². The van der Waals surface area contributed by atoms with Crippen molar-refractivity contribution in [2.75, 3.05) is 7.11 Å². The lowest BCUT2D eigenvalue weighted by molar-refractivity contribution is -0.301. The number of rotatable bonds is 8. The molecule has 0 bridgehead atoms. The number of ether oxygens (including phenoxy) is 4.